The van der Waals surface area contributed by atoms with E-state index in [2.05, 4.69) is 0 Å². The molecule has 2 aromatic rings. The van der Waals surface area contributed by atoms with Gasteiger partial charge in [0.15, 0.2) is 0 Å². The van der Waals surface area contributed by atoms with Crippen LogP contribution in [0.2, 0.25) is 0 Å². The number of rotatable bonds is 9. The van der Waals surface area contributed by atoms with Gasteiger partial charge in [-0.25, -0.2) is 0 Å². The van der Waals surface area contributed by atoms with Crippen molar-refractivity contribution in [3.8, 4) is 11.5 Å². The van der Waals surface area contributed by atoms with E-state index < -0.39 is 6.48 Å². The van der Waals surface area contributed by atoms with Gasteiger partial charge in [0, 0.05) is 5.57 Å². The van der Waals surface area contributed by atoms with Gasteiger partial charge in [-0.1, -0.05) is 24.3 Å². The summed E-state index contributed by atoms with van der Waals surface area (Å²) in [4.78, 5) is 0. The van der Waals surface area contributed by atoms with Gasteiger partial charge < -0.3 is 37.9 Å². The van der Waals surface area contributed by atoms with Gasteiger partial charge >= 0.3 is 0 Å². The van der Waals surface area contributed by atoms with Crippen molar-refractivity contribution >= 4 is 0 Å². The number of ether oxygens (including phenoxy) is 8. The largest absolute Gasteiger partial charge is 0.504 e. The number of methoxy groups -OCH3 is 3. The zero-order valence-electron chi connectivity index (χ0n) is 18.8. The Morgan fingerprint density at radius 3 is 1.61 bits per heavy atom. The second-order valence-corrected chi connectivity index (χ2v) is 8.10. The molecule has 0 N–H and O–H groups in total. The third-order valence-electron chi connectivity index (χ3n) is 6.14. The van der Waals surface area contributed by atoms with E-state index in [0.29, 0.717) is 13.2 Å². The van der Waals surface area contributed by atoms with E-state index in [0.717, 1.165) is 28.2 Å². The molecule has 8 nitrogen and oxygen atoms in total. The number of hydrogen-bond acceptors (Lipinski definition) is 8. The fourth-order valence-electron chi connectivity index (χ4n) is 4.47. The minimum absolute atomic E-state index is 0.327. The summed E-state index contributed by atoms with van der Waals surface area (Å²) in [5.41, 5.74) is 2.90. The third kappa shape index (κ3) is 4.45. The molecule has 0 spiro atoms. The lowest BCUT2D eigenvalue weighted by Gasteiger charge is -2.56. The van der Waals surface area contributed by atoms with Crippen molar-refractivity contribution in [1.29, 1.82) is 0 Å². The van der Waals surface area contributed by atoms with Crippen molar-refractivity contribution in [2.24, 2.45) is 0 Å². The Morgan fingerprint density at radius 2 is 1.18 bits per heavy atom. The van der Waals surface area contributed by atoms with Crippen LogP contribution in [0.4, 0.5) is 0 Å². The zero-order chi connectivity index (χ0) is 22.8. The molecule has 0 radical (unpaired) electrons. The minimum atomic E-state index is -0.735. The first-order chi connectivity index (χ1) is 16.2. The topological polar surface area (TPSA) is 73.8 Å². The molecule has 4 bridgehead atoms. The summed E-state index contributed by atoms with van der Waals surface area (Å²) in [5.74, 6) is 1.60. The van der Waals surface area contributed by atoms with Crippen LogP contribution < -0.4 is 9.47 Å². The Morgan fingerprint density at radius 1 is 0.697 bits per heavy atom. The maximum Gasteiger partial charge on any atom is 0.273 e. The van der Waals surface area contributed by atoms with E-state index in [1.807, 2.05) is 48.5 Å². The van der Waals surface area contributed by atoms with Crippen molar-refractivity contribution in [3.05, 3.63) is 71.5 Å². The lowest BCUT2D eigenvalue weighted by atomic mass is 9.81. The second-order valence-electron chi connectivity index (χ2n) is 8.10. The molecule has 3 saturated heterocycles. The average molecular weight is 456 g/mol. The molecule has 1 saturated carbocycles. The Balaban J connectivity index is 1.33. The summed E-state index contributed by atoms with van der Waals surface area (Å²) >= 11 is 0. The lowest BCUT2D eigenvalue weighted by molar-refractivity contribution is -0.452. The van der Waals surface area contributed by atoms with E-state index in [1.165, 1.54) is 0 Å². The quantitative estimate of drug-likeness (QED) is 0.533. The third-order valence-corrected chi connectivity index (χ3v) is 6.14. The van der Waals surface area contributed by atoms with Crippen LogP contribution >= 0.6 is 0 Å². The molecule has 4 atom stereocenters. The molecule has 0 aromatic heterocycles. The first kappa shape index (κ1) is 22.2. The molecule has 3 heterocycles. The van der Waals surface area contributed by atoms with Crippen molar-refractivity contribution < 1.29 is 37.9 Å². The summed E-state index contributed by atoms with van der Waals surface area (Å²) in [5, 5.41) is 0. The van der Waals surface area contributed by atoms with Crippen LogP contribution in [0.1, 0.15) is 11.1 Å². The smallest absolute Gasteiger partial charge is 0.273 e. The van der Waals surface area contributed by atoms with Crippen LogP contribution in [0.25, 0.3) is 0 Å². The highest BCUT2D eigenvalue weighted by atomic mass is 16.9. The number of benzene rings is 2. The van der Waals surface area contributed by atoms with Gasteiger partial charge in [0.25, 0.3) is 6.48 Å². The normalized spacial score (nSPS) is 29.7. The fourth-order valence-corrected chi connectivity index (χ4v) is 4.47. The van der Waals surface area contributed by atoms with Crippen molar-refractivity contribution in [1.82, 2.24) is 0 Å². The Kier molecular flexibility index (Phi) is 6.52. The fraction of sp³-hybridized carbons (Fsp3) is 0.440. The predicted molar refractivity (Wildman–Crippen MR) is 117 cm³/mol. The Hall–Kier alpha value is -2.62. The molecular weight excluding hydrogens is 428 g/mol. The van der Waals surface area contributed by atoms with Gasteiger partial charge in [-0.3, -0.25) is 0 Å². The van der Waals surface area contributed by atoms with Crippen molar-refractivity contribution in [2.45, 2.75) is 50.2 Å². The molecule has 4 aliphatic rings. The first-order valence-corrected chi connectivity index (χ1v) is 10.9. The van der Waals surface area contributed by atoms with Crippen molar-refractivity contribution in [2.75, 3.05) is 21.3 Å². The highest BCUT2D eigenvalue weighted by molar-refractivity contribution is 5.29. The summed E-state index contributed by atoms with van der Waals surface area (Å²) in [6.45, 7) is 0.0622. The molecule has 0 amide bonds. The van der Waals surface area contributed by atoms with Gasteiger partial charge in [-0.15, -0.1) is 0 Å². The zero-order valence-corrected chi connectivity index (χ0v) is 18.8. The summed E-state index contributed by atoms with van der Waals surface area (Å²) < 4.78 is 46.4. The van der Waals surface area contributed by atoms with Crippen LogP contribution in [-0.4, -0.2) is 58.3 Å². The van der Waals surface area contributed by atoms with Gasteiger partial charge in [-0.2, -0.15) is 0 Å². The Bertz CT molecular complexity index is 886. The molecule has 2 aromatic carbocycles. The molecule has 33 heavy (non-hydrogen) atoms. The van der Waals surface area contributed by atoms with Crippen LogP contribution in [0.15, 0.2) is 60.4 Å². The first-order valence-electron chi connectivity index (χ1n) is 10.9. The maximum atomic E-state index is 6.33. The van der Waals surface area contributed by atoms with Crippen molar-refractivity contribution in [3.63, 3.8) is 0 Å². The maximum absolute atomic E-state index is 6.33. The molecule has 176 valence electrons. The van der Waals surface area contributed by atoms with E-state index in [1.54, 1.807) is 27.6 Å². The lowest BCUT2D eigenvalue weighted by Crippen LogP contribution is -2.71. The van der Waals surface area contributed by atoms with Crippen LogP contribution in [-0.2, 0) is 41.6 Å². The molecule has 1 aliphatic carbocycles. The van der Waals surface area contributed by atoms with Crippen LogP contribution in [0.3, 0.4) is 0 Å². The van der Waals surface area contributed by atoms with Crippen LogP contribution in [0.5, 0.6) is 11.5 Å². The number of hydrogen-bond donors (Lipinski definition) is 0. The van der Waals surface area contributed by atoms with Gasteiger partial charge in [0.05, 0.1) is 40.8 Å². The molecule has 4 fully saturated rings. The highest BCUT2D eigenvalue weighted by Gasteiger charge is 2.61. The molecule has 3 aliphatic heterocycles. The van der Waals surface area contributed by atoms with E-state index in [4.69, 9.17) is 37.9 Å². The van der Waals surface area contributed by atoms with E-state index in [9.17, 15) is 0 Å². The predicted octanol–water partition coefficient (Wildman–Crippen LogP) is 3.18. The average Bonchev–Trinajstić information content (AvgIpc) is 2.86. The van der Waals surface area contributed by atoms with Gasteiger partial charge in [0.1, 0.15) is 42.0 Å². The highest BCUT2D eigenvalue weighted by Crippen LogP contribution is 2.45. The molecule has 6 rings (SSSR count). The second kappa shape index (κ2) is 9.70. The SMILES string of the molecule is COC=C1C2OC3OC1C(OCc1ccc(OC)cc1)C(O3)C2OCc1ccc(OC)cc1. The van der Waals surface area contributed by atoms with Crippen LogP contribution in [0, 0.1) is 0 Å². The summed E-state index contributed by atoms with van der Waals surface area (Å²) in [7, 11) is 4.90. The molecular formula is C25H28O8. The Labute approximate surface area is 192 Å². The monoisotopic (exact) mass is 456 g/mol. The van der Waals surface area contributed by atoms with Gasteiger partial charge in [0.2, 0.25) is 0 Å². The summed E-state index contributed by atoms with van der Waals surface area (Å²) in [6.07, 6.45) is -0.0618. The summed E-state index contributed by atoms with van der Waals surface area (Å²) in [6, 6.07) is 15.5. The minimum Gasteiger partial charge on any atom is -0.504 e. The van der Waals surface area contributed by atoms with E-state index >= 15 is 0 Å². The van der Waals surface area contributed by atoms with E-state index in [-0.39, 0.29) is 30.5 Å². The molecule has 4 unspecified atom stereocenters. The molecule has 8 heteroatoms. The van der Waals surface area contributed by atoms with Gasteiger partial charge in [-0.05, 0) is 35.4 Å². The standard InChI is InChI=1S/C25H28O8/c1-26-14-19-20-22(29-12-15-4-8-17(27-2)9-5-15)24-23(21(19)32-25(31-20)33-24)30-13-16-6-10-18(28-3)11-7-16/h4-11,14,20-25H,12-13H2,1-3H3.